The summed E-state index contributed by atoms with van der Waals surface area (Å²) in [5.74, 6) is -0.00820. The van der Waals surface area contributed by atoms with Crippen molar-refractivity contribution < 1.29 is 19.1 Å². The first-order valence-corrected chi connectivity index (χ1v) is 11.3. The fraction of sp³-hybridized carbons (Fsp3) is 0.280. The smallest absolute Gasteiger partial charge is 0.273 e. The molecule has 0 radical (unpaired) electrons. The van der Waals surface area contributed by atoms with Crippen LogP contribution < -0.4 is 20.7 Å². The Labute approximate surface area is 208 Å². The molecule has 3 amide bonds. The Balaban J connectivity index is 1.68. The van der Waals surface area contributed by atoms with Gasteiger partial charge in [0.25, 0.3) is 11.8 Å². The molecular formula is C25H27N7O4. The van der Waals surface area contributed by atoms with Crippen LogP contribution in [0.1, 0.15) is 33.7 Å². The molecule has 1 saturated carbocycles. The van der Waals surface area contributed by atoms with Crippen molar-refractivity contribution in [2.75, 3.05) is 38.9 Å². The molecule has 4 rings (SSSR count). The van der Waals surface area contributed by atoms with Gasteiger partial charge in [-0.2, -0.15) is 0 Å². The molecule has 1 fully saturated rings. The van der Waals surface area contributed by atoms with Crippen molar-refractivity contribution in [2.24, 2.45) is 5.92 Å². The van der Waals surface area contributed by atoms with Crippen LogP contribution in [-0.4, -0.2) is 66.1 Å². The Morgan fingerprint density at radius 2 is 1.83 bits per heavy atom. The molecule has 11 nitrogen and oxygen atoms in total. The summed E-state index contributed by atoms with van der Waals surface area (Å²) in [5.41, 5.74) is 2.68. The lowest BCUT2D eigenvalue weighted by Crippen LogP contribution is -2.22. The molecule has 0 saturated heterocycles. The topological polar surface area (TPSA) is 138 Å². The maximum atomic E-state index is 12.4. The predicted molar refractivity (Wildman–Crippen MR) is 134 cm³/mol. The second kappa shape index (κ2) is 10.4. The van der Waals surface area contributed by atoms with E-state index in [9.17, 15) is 14.4 Å². The van der Waals surface area contributed by atoms with Gasteiger partial charge in [0, 0.05) is 44.9 Å². The zero-order valence-electron chi connectivity index (χ0n) is 20.5. The van der Waals surface area contributed by atoms with Crippen molar-refractivity contribution in [1.82, 2.24) is 25.4 Å². The number of rotatable bonds is 8. The molecule has 2 heterocycles. The van der Waals surface area contributed by atoms with Crippen molar-refractivity contribution in [2.45, 2.75) is 12.8 Å². The van der Waals surface area contributed by atoms with Crippen LogP contribution in [0.5, 0.6) is 5.75 Å². The van der Waals surface area contributed by atoms with Crippen molar-refractivity contribution in [3.63, 3.8) is 0 Å². The number of pyridine rings is 1. The second-order valence-electron chi connectivity index (χ2n) is 8.48. The number of carbonyl (C=O) groups is 3. The highest BCUT2D eigenvalue weighted by Gasteiger charge is 2.30. The Hall–Kier alpha value is -4.54. The second-order valence-corrected chi connectivity index (χ2v) is 8.48. The molecule has 3 N–H and O–H groups in total. The number of anilines is 3. The largest absolute Gasteiger partial charge is 0.494 e. The maximum absolute atomic E-state index is 12.4. The molecule has 2 aromatic heterocycles. The third kappa shape index (κ3) is 5.24. The standard InChI is InChI=1S/C25H27N7O4/c1-26-24(34)21-19(12-20(30-31-21)29-23(33)14-8-9-14)28-18-7-5-6-16(22(18)36-4)17-11-10-15(13-27-17)25(35)32(2)3/h5-7,10-14H,8-9H2,1-4H3,(H,26,34)(H2,28,29,30,33). The average Bonchev–Trinajstić information content (AvgIpc) is 3.74. The van der Waals surface area contributed by atoms with Crippen LogP contribution in [0.4, 0.5) is 17.2 Å². The summed E-state index contributed by atoms with van der Waals surface area (Å²) in [4.78, 5) is 42.8. The monoisotopic (exact) mass is 489 g/mol. The Bertz CT molecular complexity index is 1300. The van der Waals surface area contributed by atoms with Crippen LogP contribution >= 0.6 is 0 Å². The zero-order valence-corrected chi connectivity index (χ0v) is 20.5. The van der Waals surface area contributed by atoms with Gasteiger partial charge in [-0.1, -0.05) is 6.07 Å². The quantitative estimate of drug-likeness (QED) is 0.439. The minimum absolute atomic E-state index is 0.00879. The SMILES string of the molecule is CNC(=O)c1nnc(NC(=O)C2CC2)cc1Nc1cccc(-c2ccc(C(=O)N(C)C)cn2)c1OC. The van der Waals surface area contributed by atoms with E-state index >= 15 is 0 Å². The minimum atomic E-state index is -0.442. The molecule has 0 spiro atoms. The van der Waals surface area contributed by atoms with Crippen LogP contribution in [0.2, 0.25) is 0 Å². The van der Waals surface area contributed by atoms with E-state index in [1.165, 1.54) is 25.3 Å². The van der Waals surface area contributed by atoms with E-state index in [2.05, 4.69) is 31.1 Å². The number of hydrogen-bond donors (Lipinski definition) is 3. The van der Waals surface area contributed by atoms with Gasteiger partial charge in [-0.15, -0.1) is 10.2 Å². The molecule has 186 valence electrons. The van der Waals surface area contributed by atoms with E-state index in [0.29, 0.717) is 33.9 Å². The first-order valence-electron chi connectivity index (χ1n) is 11.3. The third-order valence-electron chi connectivity index (χ3n) is 5.62. The summed E-state index contributed by atoms with van der Waals surface area (Å²) in [6, 6.07) is 10.4. The van der Waals surface area contributed by atoms with Gasteiger partial charge in [0.1, 0.15) is 0 Å². The van der Waals surface area contributed by atoms with Crippen LogP contribution in [0.3, 0.4) is 0 Å². The molecule has 0 aliphatic heterocycles. The first-order chi connectivity index (χ1) is 17.3. The molecule has 0 atom stereocenters. The van der Waals surface area contributed by atoms with Crippen molar-refractivity contribution in [1.29, 1.82) is 0 Å². The van der Waals surface area contributed by atoms with Crippen LogP contribution in [0.15, 0.2) is 42.6 Å². The number of hydrogen-bond acceptors (Lipinski definition) is 8. The molecule has 0 unspecified atom stereocenters. The number of para-hydroxylation sites is 1. The Kier molecular flexibility index (Phi) is 7.09. The number of aromatic nitrogens is 3. The van der Waals surface area contributed by atoms with Gasteiger partial charge in [-0.25, -0.2) is 0 Å². The minimum Gasteiger partial charge on any atom is -0.494 e. The summed E-state index contributed by atoms with van der Waals surface area (Å²) in [5, 5.41) is 16.5. The van der Waals surface area contributed by atoms with Crippen LogP contribution in [0, 0.1) is 5.92 Å². The van der Waals surface area contributed by atoms with E-state index in [-0.39, 0.29) is 29.2 Å². The van der Waals surface area contributed by atoms with Gasteiger partial charge in [0.15, 0.2) is 17.3 Å². The Morgan fingerprint density at radius 1 is 1.06 bits per heavy atom. The van der Waals surface area contributed by atoms with Crippen molar-refractivity contribution >= 4 is 34.9 Å². The van der Waals surface area contributed by atoms with Crippen molar-refractivity contribution in [3.8, 4) is 17.0 Å². The highest BCUT2D eigenvalue weighted by Crippen LogP contribution is 2.38. The van der Waals surface area contributed by atoms with Gasteiger partial charge in [-0.05, 0) is 37.1 Å². The van der Waals surface area contributed by atoms with Gasteiger partial charge in [0.05, 0.1) is 29.7 Å². The lowest BCUT2D eigenvalue weighted by atomic mass is 10.1. The molecule has 36 heavy (non-hydrogen) atoms. The summed E-state index contributed by atoms with van der Waals surface area (Å²) < 4.78 is 5.70. The highest BCUT2D eigenvalue weighted by atomic mass is 16.5. The fourth-order valence-corrected chi connectivity index (χ4v) is 3.55. The summed E-state index contributed by atoms with van der Waals surface area (Å²) >= 11 is 0. The number of benzene rings is 1. The number of nitrogens with one attached hydrogen (secondary N) is 3. The molecule has 11 heteroatoms. The number of carbonyl (C=O) groups excluding carboxylic acids is 3. The normalized spacial score (nSPS) is 12.4. The number of ether oxygens (including phenoxy) is 1. The molecular weight excluding hydrogens is 462 g/mol. The van der Waals surface area contributed by atoms with Crippen LogP contribution in [0.25, 0.3) is 11.3 Å². The lowest BCUT2D eigenvalue weighted by molar-refractivity contribution is -0.117. The van der Waals surface area contributed by atoms with E-state index in [1.807, 2.05) is 12.1 Å². The molecule has 1 aliphatic rings. The van der Waals surface area contributed by atoms with Gasteiger partial charge < -0.3 is 25.6 Å². The lowest BCUT2D eigenvalue weighted by Gasteiger charge is -2.17. The van der Waals surface area contributed by atoms with E-state index in [4.69, 9.17) is 4.74 Å². The van der Waals surface area contributed by atoms with E-state index in [1.54, 1.807) is 38.4 Å². The number of methoxy groups -OCH3 is 1. The zero-order chi connectivity index (χ0) is 25.8. The maximum Gasteiger partial charge on any atom is 0.273 e. The predicted octanol–water partition coefficient (Wildman–Crippen LogP) is 2.70. The van der Waals surface area contributed by atoms with Crippen LogP contribution in [-0.2, 0) is 4.79 Å². The highest BCUT2D eigenvalue weighted by molar-refractivity contribution is 6.00. The average molecular weight is 490 g/mol. The van der Waals surface area contributed by atoms with Crippen molar-refractivity contribution in [3.05, 3.63) is 53.9 Å². The first kappa shape index (κ1) is 24.6. The molecule has 1 aromatic carbocycles. The van der Waals surface area contributed by atoms with E-state index in [0.717, 1.165) is 12.8 Å². The Morgan fingerprint density at radius 3 is 2.44 bits per heavy atom. The summed E-state index contributed by atoms with van der Waals surface area (Å²) in [6.45, 7) is 0. The van der Waals surface area contributed by atoms with Gasteiger partial charge >= 0.3 is 0 Å². The summed E-state index contributed by atoms with van der Waals surface area (Å²) in [6.07, 6.45) is 3.22. The van der Waals surface area contributed by atoms with Gasteiger partial charge in [0.2, 0.25) is 5.91 Å². The number of nitrogens with zero attached hydrogens (tertiary/aromatic N) is 4. The molecule has 3 aromatic rings. The molecule has 1 aliphatic carbocycles. The molecule has 0 bridgehead atoms. The third-order valence-corrected chi connectivity index (χ3v) is 5.62. The fourth-order valence-electron chi connectivity index (χ4n) is 3.55. The summed E-state index contributed by atoms with van der Waals surface area (Å²) in [7, 11) is 6.38. The van der Waals surface area contributed by atoms with Gasteiger partial charge in [-0.3, -0.25) is 19.4 Å². The van der Waals surface area contributed by atoms with E-state index < -0.39 is 5.91 Å². The number of amides is 3.